The third kappa shape index (κ3) is 4.35. The predicted molar refractivity (Wildman–Crippen MR) is 136 cm³/mol. The van der Waals surface area contributed by atoms with Gasteiger partial charge in [0.1, 0.15) is 5.25 Å². The van der Waals surface area contributed by atoms with Crippen molar-refractivity contribution < 1.29 is 43.3 Å². The van der Waals surface area contributed by atoms with E-state index in [-0.39, 0.29) is 18.3 Å². The highest BCUT2D eigenvalue weighted by Gasteiger charge is 2.70. The number of aliphatic hydroxyl groups excluding tert-OH is 3. The second-order valence-corrected chi connectivity index (χ2v) is 15.0. The number of rotatable bonds is 6. The second-order valence-electron chi connectivity index (χ2n) is 13.4. The lowest BCUT2D eigenvalue weighted by Crippen LogP contribution is -2.67. The van der Waals surface area contributed by atoms with Gasteiger partial charge in [-0.25, -0.2) is 0 Å². The Morgan fingerprint density at radius 2 is 1.76 bits per heavy atom. The molecular weight excluding hydrogens is 500 g/mol. The van der Waals surface area contributed by atoms with E-state index in [9.17, 15) is 43.3 Å². The second kappa shape index (κ2) is 9.08. The van der Waals surface area contributed by atoms with E-state index in [1.54, 1.807) is 20.8 Å². The normalized spacial score (nSPS) is 45.9. The number of fused-ring (bicyclic) bond motifs is 5. The molecule has 6 N–H and O–H groups in total. The molecule has 3 fully saturated rings. The number of allylic oxidation sites excluding steroid dienone is 1. The third-order valence-corrected chi connectivity index (χ3v) is 12.4. The van der Waals surface area contributed by atoms with Crippen LogP contribution < -0.4 is 0 Å². The molecule has 0 aromatic carbocycles. The van der Waals surface area contributed by atoms with Crippen molar-refractivity contribution in [1.29, 1.82) is 0 Å². The number of hydrogen-bond donors (Lipinski definition) is 6. The molecule has 4 aliphatic carbocycles. The molecule has 212 valence electrons. The van der Waals surface area contributed by atoms with Crippen LogP contribution in [0.2, 0.25) is 0 Å². The molecule has 0 aromatic rings. The first-order valence-electron chi connectivity index (χ1n) is 13.5. The van der Waals surface area contributed by atoms with Crippen LogP contribution in [-0.4, -0.2) is 79.1 Å². The van der Waals surface area contributed by atoms with Crippen LogP contribution >= 0.6 is 0 Å². The van der Waals surface area contributed by atoms with Crippen LogP contribution in [0, 0.1) is 34.5 Å². The Labute approximate surface area is 219 Å². The summed E-state index contributed by atoms with van der Waals surface area (Å²) in [5.74, 6) is -2.17. The zero-order valence-electron chi connectivity index (χ0n) is 22.5. The molecule has 10 heteroatoms. The maximum atomic E-state index is 13.4. The molecule has 4 aliphatic rings. The summed E-state index contributed by atoms with van der Waals surface area (Å²) >= 11 is 0. The fourth-order valence-electron chi connectivity index (χ4n) is 8.79. The number of aliphatic hydroxyl groups is 5. The zero-order valence-corrected chi connectivity index (χ0v) is 23.3. The van der Waals surface area contributed by atoms with Gasteiger partial charge in [-0.3, -0.25) is 9.35 Å². The Morgan fingerprint density at radius 3 is 2.32 bits per heavy atom. The van der Waals surface area contributed by atoms with Crippen LogP contribution in [0.3, 0.4) is 0 Å². The Kier molecular flexibility index (Phi) is 7.14. The van der Waals surface area contributed by atoms with Crippen molar-refractivity contribution in [2.45, 2.75) is 114 Å². The van der Waals surface area contributed by atoms with E-state index in [0.717, 1.165) is 0 Å². The van der Waals surface area contributed by atoms with Gasteiger partial charge in [0, 0.05) is 16.7 Å². The molecule has 0 bridgehead atoms. The van der Waals surface area contributed by atoms with Crippen LogP contribution in [0.25, 0.3) is 0 Å². The quantitative estimate of drug-likeness (QED) is 0.272. The molecule has 0 aliphatic heterocycles. The molecule has 0 aromatic heterocycles. The molecular formula is C27H44O9S. The van der Waals surface area contributed by atoms with Crippen molar-refractivity contribution in [2.75, 3.05) is 0 Å². The standard InChI is InChI=1S/C27H44O9S/c1-14(19(28)8-9-24(2,3)32)15-7-11-27(33)17-12-20(29)18-13-21(30)22(31)23(37(34,35)36)26(18,5)16(17)6-10-25(15,27)4/h12,14-16,18-19,21-23,28,30-33H,6-11,13H2,1-5H3,(H,34,35,36)/t14?,15-,16?,18+,19-,21-,22+,23?,25-,26-,27-/m1/s1. The Hall–Kier alpha value is -0.880. The lowest BCUT2D eigenvalue weighted by atomic mass is 9.45. The highest BCUT2D eigenvalue weighted by atomic mass is 32.2. The van der Waals surface area contributed by atoms with Gasteiger partial charge in [0.2, 0.25) is 0 Å². The smallest absolute Gasteiger partial charge is 0.271 e. The average molecular weight is 545 g/mol. The lowest BCUT2D eigenvalue weighted by Gasteiger charge is -2.61. The first kappa shape index (κ1) is 29.1. The van der Waals surface area contributed by atoms with Crippen LogP contribution in [0.15, 0.2) is 11.6 Å². The average Bonchev–Trinajstić information content (AvgIpc) is 3.04. The van der Waals surface area contributed by atoms with E-state index >= 15 is 0 Å². The van der Waals surface area contributed by atoms with Gasteiger partial charge in [-0.15, -0.1) is 0 Å². The number of hydrogen-bond acceptors (Lipinski definition) is 8. The minimum absolute atomic E-state index is 0.0760. The van der Waals surface area contributed by atoms with Crippen LogP contribution in [-0.2, 0) is 14.9 Å². The third-order valence-electron chi connectivity index (χ3n) is 10.9. The highest BCUT2D eigenvalue weighted by molar-refractivity contribution is 7.86. The Balaban J connectivity index is 1.72. The molecule has 9 nitrogen and oxygen atoms in total. The number of carbonyl (C=O) groups is 1. The first-order valence-corrected chi connectivity index (χ1v) is 15.0. The monoisotopic (exact) mass is 544 g/mol. The molecule has 0 amide bonds. The maximum absolute atomic E-state index is 13.4. The van der Waals surface area contributed by atoms with Crippen molar-refractivity contribution in [3.05, 3.63) is 11.6 Å². The van der Waals surface area contributed by atoms with Gasteiger partial charge in [-0.05, 0) is 88.2 Å². The minimum atomic E-state index is -4.85. The summed E-state index contributed by atoms with van der Waals surface area (Å²) in [6.07, 6.45) is 0.129. The summed E-state index contributed by atoms with van der Waals surface area (Å²) in [4.78, 5) is 13.4. The fourth-order valence-corrected chi connectivity index (χ4v) is 10.3. The summed E-state index contributed by atoms with van der Waals surface area (Å²) in [5, 5.41) is 52.7. The summed E-state index contributed by atoms with van der Waals surface area (Å²) in [6, 6.07) is 0. The molecule has 0 heterocycles. The van der Waals surface area contributed by atoms with E-state index in [2.05, 4.69) is 0 Å². The fraction of sp³-hybridized carbons (Fsp3) is 0.889. The van der Waals surface area contributed by atoms with Gasteiger partial charge in [-0.1, -0.05) is 20.8 Å². The van der Waals surface area contributed by atoms with Crippen LogP contribution in [0.1, 0.15) is 79.6 Å². The largest absolute Gasteiger partial charge is 0.393 e. The van der Waals surface area contributed by atoms with Crippen molar-refractivity contribution in [2.24, 2.45) is 34.5 Å². The van der Waals surface area contributed by atoms with Gasteiger partial charge in [0.15, 0.2) is 5.78 Å². The van der Waals surface area contributed by atoms with Crippen molar-refractivity contribution in [1.82, 2.24) is 0 Å². The minimum Gasteiger partial charge on any atom is -0.393 e. The number of ketones is 1. The van der Waals surface area contributed by atoms with Gasteiger partial charge in [0.05, 0.1) is 29.5 Å². The predicted octanol–water partition coefficient (Wildman–Crippen LogP) is 1.61. The van der Waals surface area contributed by atoms with E-state index < -0.39 is 73.3 Å². The molecule has 3 unspecified atom stereocenters. The van der Waals surface area contributed by atoms with Gasteiger partial charge < -0.3 is 25.5 Å². The van der Waals surface area contributed by atoms with Gasteiger partial charge >= 0.3 is 0 Å². The number of carbonyl (C=O) groups excluding carboxylic acids is 1. The molecule has 0 saturated heterocycles. The Morgan fingerprint density at radius 1 is 1.14 bits per heavy atom. The van der Waals surface area contributed by atoms with Crippen molar-refractivity contribution in [3.63, 3.8) is 0 Å². The summed E-state index contributed by atoms with van der Waals surface area (Å²) in [7, 11) is -4.85. The zero-order chi connectivity index (χ0) is 27.9. The van der Waals surface area contributed by atoms with Crippen LogP contribution in [0.4, 0.5) is 0 Å². The van der Waals surface area contributed by atoms with E-state index in [1.807, 2.05) is 13.8 Å². The highest BCUT2D eigenvalue weighted by Crippen LogP contribution is 2.68. The lowest BCUT2D eigenvalue weighted by molar-refractivity contribution is -0.153. The SMILES string of the molecule is CC([C@H](O)CCC(C)(C)O)[C@H]1CC[C@@]2(O)C3=CC(=O)[C@@H]4C[C@@H](O)[C@H](O)C(S(=O)(=O)O)[C@]4(C)C3CC[C@]12C. The molecule has 0 spiro atoms. The molecule has 4 rings (SSSR count). The van der Waals surface area contributed by atoms with Crippen LogP contribution in [0.5, 0.6) is 0 Å². The molecule has 3 saturated carbocycles. The van der Waals surface area contributed by atoms with Gasteiger partial charge in [0.25, 0.3) is 10.1 Å². The topological polar surface area (TPSA) is 173 Å². The van der Waals surface area contributed by atoms with Gasteiger partial charge in [-0.2, -0.15) is 8.42 Å². The molecule has 0 radical (unpaired) electrons. The Bertz CT molecular complexity index is 1060. The summed E-state index contributed by atoms with van der Waals surface area (Å²) in [5.41, 5.74) is -3.96. The maximum Gasteiger partial charge on any atom is 0.271 e. The first-order chi connectivity index (χ1) is 16.8. The summed E-state index contributed by atoms with van der Waals surface area (Å²) in [6.45, 7) is 8.90. The van der Waals surface area contributed by atoms with E-state index in [1.165, 1.54) is 6.08 Å². The summed E-state index contributed by atoms with van der Waals surface area (Å²) < 4.78 is 35.3. The van der Waals surface area contributed by atoms with E-state index in [0.29, 0.717) is 44.1 Å². The molecule has 37 heavy (non-hydrogen) atoms. The van der Waals surface area contributed by atoms with Crippen molar-refractivity contribution >= 4 is 15.9 Å². The van der Waals surface area contributed by atoms with Crippen molar-refractivity contribution in [3.8, 4) is 0 Å². The van der Waals surface area contributed by atoms with E-state index in [4.69, 9.17) is 0 Å². The molecule has 11 atom stereocenters.